The number of aliphatic hydroxyl groups is 1. The molecule has 0 fully saturated rings. The van der Waals surface area contributed by atoms with Gasteiger partial charge in [-0.1, -0.05) is 17.3 Å². The Balaban J connectivity index is 1.56. The Kier molecular flexibility index (Phi) is 7.18. The van der Waals surface area contributed by atoms with Crippen LogP contribution in [0, 0.1) is 20.8 Å². The molecule has 200 valence electrons. The van der Waals surface area contributed by atoms with E-state index in [9.17, 15) is 5.11 Å². The Morgan fingerprint density at radius 3 is 2.68 bits per heavy atom. The van der Waals surface area contributed by atoms with Crippen LogP contribution in [0.2, 0.25) is 0 Å². The van der Waals surface area contributed by atoms with E-state index in [-0.39, 0.29) is 12.6 Å². The molecular weight excluding hydrogens is 482 g/mol. The molecule has 10 heteroatoms. The second kappa shape index (κ2) is 10.5. The highest BCUT2D eigenvalue weighted by molar-refractivity contribution is 5.75. The van der Waals surface area contributed by atoms with Crippen LogP contribution in [0.15, 0.2) is 35.0 Å². The monoisotopic (exact) mass is 517 g/mol. The van der Waals surface area contributed by atoms with Gasteiger partial charge in [0.1, 0.15) is 30.0 Å². The predicted molar refractivity (Wildman–Crippen MR) is 145 cm³/mol. The number of likely N-dealkylation sites (N-methyl/N-ethyl adjacent to an activating group) is 1. The highest BCUT2D eigenvalue weighted by Crippen LogP contribution is 2.37. The van der Waals surface area contributed by atoms with Crippen LogP contribution in [0.4, 0.5) is 5.82 Å². The lowest BCUT2D eigenvalue weighted by atomic mass is 10.0. The summed E-state index contributed by atoms with van der Waals surface area (Å²) in [6.45, 7) is 12.3. The van der Waals surface area contributed by atoms with Crippen LogP contribution >= 0.6 is 0 Å². The van der Waals surface area contributed by atoms with Crippen molar-refractivity contribution in [3.63, 3.8) is 0 Å². The summed E-state index contributed by atoms with van der Waals surface area (Å²) in [5.41, 5.74) is 6.71. The SMILES string of the molecule is CNC[C@@H](O)COc1cccc(-c2nc(-c3c(C)noc3C)c(C)c(N3Cc4cnn(C(C)C)c4C3)n2)c1. The minimum Gasteiger partial charge on any atom is -0.491 e. The Hall–Kier alpha value is -3.76. The summed E-state index contributed by atoms with van der Waals surface area (Å²) in [7, 11) is 1.80. The average Bonchev–Trinajstić information content (AvgIpc) is 3.58. The lowest BCUT2D eigenvalue weighted by Gasteiger charge is -2.22. The molecule has 1 aromatic carbocycles. The fourth-order valence-corrected chi connectivity index (χ4v) is 4.98. The third-order valence-electron chi connectivity index (χ3n) is 6.84. The van der Waals surface area contributed by atoms with Crippen LogP contribution in [0.1, 0.15) is 48.2 Å². The Morgan fingerprint density at radius 1 is 1.16 bits per heavy atom. The minimum atomic E-state index is -0.601. The molecule has 5 rings (SSSR count). The van der Waals surface area contributed by atoms with E-state index in [1.54, 1.807) is 7.05 Å². The molecule has 0 spiro atoms. The fraction of sp³-hybridized carbons (Fsp3) is 0.429. The van der Waals surface area contributed by atoms with Crippen molar-refractivity contribution in [1.29, 1.82) is 0 Å². The first-order chi connectivity index (χ1) is 18.3. The molecule has 10 nitrogen and oxygen atoms in total. The van der Waals surface area contributed by atoms with Gasteiger partial charge in [0.2, 0.25) is 0 Å². The molecule has 38 heavy (non-hydrogen) atoms. The molecule has 0 saturated carbocycles. The molecule has 4 heterocycles. The second-order valence-electron chi connectivity index (χ2n) is 10.1. The van der Waals surface area contributed by atoms with E-state index in [1.165, 1.54) is 11.3 Å². The van der Waals surface area contributed by atoms with E-state index < -0.39 is 6.10 Å². The number of ether oxygens (including phenoxy) is 1. The Morgan fingerprint density at radius 2 is 1.97 bits per heavy atom. The van der Waals surface area contributed by atoms with E-state index in [0.29, 0.717) is 18.1 Å². The van der Waals surface area contributed by atoms with Crippen LogP contribution in [-0.2, 0) is 13.1 Å². The van der Waals surface area contributed by atoms with Gasteiger partial charge in [-0.15, -0.1) is 0 Å². The quantitative estimate of drug-likeness (QED) is 0.340. The number of aromatic nitrogens is 5. The first-order valence-electron chi connectivity index (χ1n) is 12.9. The second-order valence-corrected chi connectivity index (χ2v) is 10.1. The van der Waals surface area contributed by atoms with Gasteiger partial charge in [-0.2, -0.15) is 5.10 Å². The lowest BCUT2D eigenvalue weighted by molar-refractivity contribution is 0.108. The van der Waals surface area contributed by atoms with Gasteiger partial charge in [-0.25, -0.2) is 9.97 Å². The number of aryl methyl sites for hydroxylation is 2. The van der Waals surface area contributed by atoms with E-state index >= 15 is 0 Å². The molecule has 0 amide bonds. The molecule has 0 radical (unpaired) electrons. The molecule has 1 aliphatic rings. The average molecular weight is 518 g/mol. The molecule has 2 N–H and O–H groups in total. The highest BCUT2D eigenvalue weighted by Gasteiger charge is 2.29. The maximum Gasteiger partial charge on any atom is 0.162 e. The van der Waals surface area contributed by atoms with Crippen molar-refractivity contribution >= 4 is 5.82 Å². The standard InChI is InChI=1S/C28H35N7O3/c1-16(2)35-24-14-34(13-21(24)11-30-35)28-17(3)26(25-18(4)33-38-19(25)5)31-27(32-28)20-8-7-9-23(10-20)37-15-22(36)12-29-6/h7-11,16,22,29,36H,12-15H2,1-6H3/t22-/m1/s1. The number of hydrogen-bond acceptors (Lipinski definition) is 9. The summed E-state index contributed by atoms with van der Waals surface area (Å²) in [6, 6.07) is 7.95. The van der Waals surface area contributed by atoms with Gasteiger partial charge in [0.15, 0.2) is 5.82 Å². The van der Waals surface area contributed by atoms with Crippen molar-refractivity contribution < 1.29 is 14.4 Å². The van der Waals surface area contributed by atoms with Crippen molar-refractivity contribution in [2.24, 2.45) is 0 Å². The molecular formula is C28H35N7O3. The third kappa shape index (κ3) is 4.89. The number of fused-ring (bicyclic) bond motifs is 1. The van der Waals surface area contributed by atoms with Gasteiger partial charge < -0.3 is 24.6 Å². The van der Waals surface area contributed by atoms with Gasteiger partial charge >= 0.3 is 0 Å². The van der Waals surface area contributed by atoms with Gasteiger partial charge in [0, 0.05) is 35.8 Å². The van der Waals surface area contributed by atoms with Gasteiger partial charge in [0.05, 0.1) is 35.4 Å². The lowest BCUT2D eigenvalue weighted by Crippen LogP contribution is -2.29. The van der Waals surface area contributed by atoms with Gasteiger partial charge in [0.25, 0.3) is 0 Å². The summed E-state index contributed by atoms with van der Waals surface area (Å²) >= 11 is 0. The van der Waals surface area contributed by atoms with Crippen LogP contribution in [0.25, 0.3) is 22.6 Å². The van der Waals surface area contributed by atoms with Crippen molar-refractivity contribution in [3.8, 4) is 28.4 Å². The number of rotatable bonds is 9. The maximum atomic E-state index is 10.1. The summed E-state index contributed by atoms with van der Waals surface area (Å²) in [5.74, 6) is 2.82. The normalized spacial score (nSPS) is 13.8. The van der Waals surface area contributed by atoms with E-state index in [4.69, 9.17) is 19.2 Å². The molecule has 1 aliphatic heterocycles. The zero-order chi connectivity index (χ0) is 27.0. The largest absolute Gasteiger partial charge is 0.491 e. The molecule has 0 saturated heterocycles. The van der Waals surface area contributed by atoms with Crippen LogP contribution < -0.4 is 15.0 Å². The number of nitrogens with zero attached hydrogens (tertiary/aromatic N) is 6. The van der Waals surface area contributed by atoms with Crippen molar-refractivity contribution in [1.82, 2.24) is 30.2 Å². The Labute approximate surface area is 222 Å². The first kappa shape index (κ1) is 25.9. The molecule has 0 aliphatic carbocycles. The Bertz CT molecular complexity index is 1420. The van der Waals surface area contributed by atoms with Crippen LogP contribution in [0.5, 0.6) is 5.75 Å². The van der Waals surface area contributed by atoms with Crippen LogP contribution in [-0.4, -0.2) is 56.3 Å². The predicted octanol–water partition coefficient (Wildman–Crippen LogP) is 3.98. The molecule has 3 aromatic heterocycles. The fourth-order valence-electron chi connectivity index (χ4n) is 4.98. The topological polar surface area (TPSA) is 114 Å². The number of hydrogen-bond donors (Lipinski definition) is 2. The molecule has 0 unspecified atom stereocenters. The summed E-state index contributed by atoms with van der Waals surface area (Å²) in [6.07, 6.45) is 1.36. The zero-order valence-corrected chi connectivity index (χ0v) is 22.8. The van der Waals surface area contributed by atoms with E-state index in [1.807, 2.05) is 44.3 Å². The first-order valence-corrected chi connectivity index (χ1v) is 12.9. The van der Waals surface area contributed by atoms with Crippen LogP contribution in [0.3, 0.4) is 0 Å². The molecule has 1 atom stereocenters. The van der Waals surface area contributed by atoms with Crippen molar-refractivity contribution in [3.05, 3.63) is 58.7 Å². The summed E-state index contributed by atoms with van der Waals surface area (Å²) < 4.78 is 13.4. The summed E-state index contributed by atoms with van der Waals surface area (Å²) in [4.78, 5) is 12.4. The smallest absolute Gasteiger partial charge is 0.162 e. The van der Waals surface area contributed by atoms with Crippen molar-refractivity contribution in [2.45, 2.75) is 59.9 Å². The number of nitrogens with one attached hydrogen (secondary N) is 1. The van der Waals surface area contributed by atoms with Gasteiger partial charge in [-0.05, 0) is 53.8 Å². The molecule has 4 aromatic rings. The highest BCUT2D eigenvalue weighted by atomic mass is 16.5. The molecule has 0 bridgehead atoms. The third-order valence-corrected chi connectivity index (χ3v) is 6.84. The maximum absolute atomic E-state index is 10.1. The number of anilines is 1. The number of aliphatic hydroxyl groups excluding tert-OH is 1. The minimum absolute atomic E-state index is 0.188. The summed E-state index contributed by atoms with van der Waals surface area (Å²) in [5, 5.41) is 21.8. The van der Waals surface area contributed by atoms with E-state index in [2.05, 4.69) is 45.9 Å². The van der Waals surface area contributed by atoms with E-state index in [0.717, 1.165) is 52.7 Å². The number of benzene rings is 1. The van der Waals surface area contributed by atoms with Gasteiger partial charge in [-0.3, -0.25) is 4.68 Å². The van der Waals surface area contributed by atoms with Crippen molar-refractivity contribution in [2.75, 3.05) is 25.1 Å². The zero-order valence-electron chi connectivity index (χ0n) is 22.8.